The second-order valence-electron chi connectivity index (χ2n) is 6.64. The zero-order valence-corrected chi connectivity index (χ0v) is 20.3. The lowest BCUT2D eigenvalue weighted by molar-refractivity contribution is 0.0472. The van der Waals surface area contributed by atoms with Crippen molar-refractivity contribution in [2.24, 2.45) is 0 Å². The monoisotopic (exact) mass is 491 g/mol. The fraction of sp³-hybridized carbons (Fsp3) is 0.286. The molecule has 0 spiro atoms. The number of aromatic nitrogens is 3. The van der Waals surface area contributed by atoms with Crippen LogP contribution in [0, 0.1) is 17.8 Å². The Labute approximate surface area is 197 Å². The molecule has 3 aromatic rings. The van der Waals surface area contributed by atoms with Crippen LogP contribution in [0.25, 0.3) is 5.69 Å². The van der Waals surface area contributed by atoms with Gasteiger partial charge in [-0.3, -0.25) is 4.79 Å². The molecular weight excluding hydrogens is 470 g/mol. The van der Waals surface area contributed by atoms with Gasteiger partial charge in [-0.1, -0.05) is 23.1 Å². The summed E-state index contributed by atoms with van der Waals surface area (Å²) in [6.07, 6.45) is 1.92. The zero-order valence-electron chi connectivity index (χ0n) is 17.9. The minimum absolute atomic E-state index is 0.219. The van der Waals surface area contributed by atoms with Crippen molar-refractivity contribution in [3.8, 4) is 5.69 Å². The molecule has 0 aliphatic heterocycles. The molecule has 168 valence electrons. The molecule has 0 saturated heterocycles. The average molecular weight is 492 g/mol. The smallest absolute Gasteiger partial charge is 0.340 e. The van der Waals surface area contributed by atoms with Gasteiger partial charge in [0.25, 0.3) is 0 Å². The number of ketones is 1. The number of Topliss-reactive ketones (excluding diaryl/α,β-unsaturated/α-hetero) is 1. The number of rotatable bonds is 8. The number of carbonyl (C=O) groups is 3. The molecule has 3 rings (SSSR count). The molecule has 2 heterocycles. The van der Waals surface area contributed by atoms with Crippen LogP contribution in [0.4, 0.5) is 0 Å². The van der Waals surface area contributed by atoms with E-state index in [-0.39, 0.29) is 12.3 Å². The SMILES string of the molecule is CCOC(=O)c1c(C)[nH]c(C(=O)COC(=O)c2ccc(-n3nc(SC)sc3=S)cc2)c1C. The molecule has 8 nitrogen and oxygen atoms in total. The molecule has 1 N–H and O–H groups in total. The van der Waals surface area contributed by atoms with E-state index in [4.69, 9.17) is 21.7 Å². The van der Waals surface area contributed by atoms with Crippen LogP contribution in [0.5, 0.6) is 0 Å². The maximum absolute atomic E-state index is 12.6. The summed E-state index contributed by atoms with van der Waals surface area (Å²) in [4.78, 5) is 39.9. The highest BCUT2D eigenvalue weighted by molar-refractivity contribution is 8.00. The number of aryl methyl sites for hydroxylation is 1. The van der Waals surface area contributed by atoms with Crippen molar-refractivity contribution in [1.29, 1.82) is 0 Å². The zero-order chi connectivity index (χ0) is 23.4. The van der Waals surface area contributed by atoms with E-state index in [2.05, 4.69) is 10.1 Å². The third kappa shape index (κ3) is 5.00. The fourth-order valence-corrected chi connectivity index (χ4v) is 4.85. The van der Waals surface area contributed by atoms with Crippen LogP contribution < -0.4 is 0 Å². The Balaban J connectivity index is 1.67. The Morgan fingerprint density at radius 1 is 1.16 bits per heavy atom. The summed E-state index contributed by atoms with van der Waals surface area (Å²) in [7, 11) is 0. The molecular formula is C21H21N3O5S3. The van der Waals surface area contributed by atoms with Crippen LogP contribution in [0.3, 0.4) is 0 Å². The first-order valence-electron chi connectivity index (χ1n) is 9.58. The largest absolute Gasteiger partial charge is 0.462 e. The molecule has 0 bridgehead atoms. The molecule has 0 aliphatic rings. The molecule has 0 amide bonds. The summed E-state index contributed by atoms with van der Waals surface area (Å²) >= 11 is 8.23. The summed E-state index contributed by atoms with van der Waals surface area (Å²) in [6, 6.07) is 6.60. The van der Waals surface area contributed by atoms with E-state index in [0.29, 0.717) is 26.3 Å². The van der Waals surface area contributed by atoms with Gasteiger partial charge in [0.2, 0.25) is 5.78 Å². The van der Waals surface area contributed by atoms with Crippen LogP contribution >= 0.6 is 35.3 Å². The molecule has 32 heavy (non-hydrogen) atoms. The number of hydrogen-bond acceptors (Lipinski definition) is 9. The average Bonchev–Trinajstić information content (AvgIpc) is 3.30. The van der Waals surface area contributed by atoms with E-state index in [1.165, 1.54) is 23.1 Å². The quantitative estimate of drug-likeness (QED) is 0.212. The fourth-order valence-electron chi connectivity index (χ4n) is 3.07. The van der Waals surface area contributed by atoms with Gasteiger partial charge in [0, 0.05) is 5.69 Å². The van der Waals surface area contributed by atoms with Crippen molar-refractivity contribution in [2.45, 2.75) is 25.1 Å². The maximum atomic E-state index is 12.6. The normalized spacial score (nSPS) is 10.8. The van der Waals surface area contributed by atoms with Gasteiger partial charge in [-0.15, -0.1) is 5.10 Å². The van der Waals surface area contributed by atoms with Gasteiger partial charge in [0.05, 0.1) is 29.1 Å². The highest BCUT2D eigenvalue weighted by atomic mass is 32.2. The molecule has 2 aromatic heterocycles. The Bertz CT molecular complexity index is 1220. The van der Waals surface area contributed by atoms with Gasteiger partial charge in [-0.25, -0.2) is 14.3 Å². The molecule has 0 saturated carbocycles. The summed E-state index contributed by atoms with van der Waals surface area (Å²) < 4.78 is 13.3. The number of carbonyl (C=O) groups excluding carboxylic acids is 3. The van der Waals surface area contributed by atoms with Crippen molar-refractivity contribution in [2.75, 3.05) is 19.5 Å². The number of thioether (sulfide) groups is 1. The van der Waals surface area contributed by atoms with Crippen molar-refractivity contribution in [1.82, 2.24) is 14.8 Å². The Kier molecular flexibility index (Phi) is 7.64. The molecule has 0 aliphatic carbocycles. The van der Waals surface area contributed by atoms with Gasteiger partial charge in [-0.05, 0) is 69.1 Å². The van der Waals surface area contributed by atoms with Crippen molar-refractivity contribution >= 4 is 53.0 Å². The molecule has 0 fully saturated rings. The lowest BCUT2D eigenvalue weighted by Crippen LogP contribution is -2.16. The van der Waals surface area contributed by atoms with Crippen LogP contribution in [-0.4, -0.2) is 52.0 Å². The number of benzene rings is 1. The number of hydrogen-bond donors (Lipinski definition) is 1. The van der Waals surface area contributed by atoms with E-state index in [1.807, 2.05) is 6.26 Å². The first-order chi connectivity index (χ1) is 15.3. The number of nitrogens with one attached hydrogen (secondary N) is 1. The first kappa shape index (κ1) is 23.9. The summed E-state index contributed by atoms with van der Waals surface area (Å²) in [5.41, 5.74) is 2.55. The predicted molar refractivity (Wildman–Crippen MR) is 125 cm³/mol. The number of aromatic amines is 1. The minimum atomic E-state index is -0.636. The van der Waals surface area contributed by atoms with Crippen molar-refractivity contribution < 1.29 is 23.9 Å². The first-order valence-corrected chi connectivity index (χ1v) is 12.0. The number of esters is 2. The second-order valence-corrected chi connectivity index (χ2v) is 9.32. The van der Waals surface area contributed by atoms with Gasteiger partial charge in [-0.2, -0.15) is 0 Å². The van der Waals surface area contributed by atoms with Gasteiger partial charge >= 0.3 is 11.9 Å². The van der Waals surface area contributed by atoms with Gasteiger partial charge in [0.15, 0.2) is 14.9 Å². The molecule has 0 radical (unpaired) electrons. The van der Waals surface area contributed by atoms with Gasteiger partial charge < -0.3 is 14.5 Å². The number of nitrogens with zero attached hydrogens (tertiary/aromatic N) is 2. The Morgan fingerprint density at radius 3 is 2.44 bits per heavy atom. The molecule has 11 heteroatoms. The van der Waals surface area contributed by atoms with E-state index in [9.17, 15) is 14.4 Å². The molecule has 0 unspecified atom stereocenters. The van der Waals surface area contributed by atoms with Crippen molar-refractivity contribution in [3.05, 3.63) is 56.3 Å². The van der Waals surface area contributed by atoms with Crippen LogP contribution in [0.2, 0.25) is 0 Å². The third-order valence-electron chi connectivity index (χ3n) is 4.58. The molecule has 0 atom stereocenters. The van der Waals surface area contributed by atoms with E-state index >= 15 is 0 Å². The Hall–Kier alpha value is -2.76. The van der Waals surface area contributed by atoms with Crippen molar-refractivity contribution in [3.63, 3.8) is 0 Å². The standard InChI is InChI=1S/C21H21N3O5S3/c1-5-28-19(27)16-11(2)17(22-12(16)3)15(25)10-29-18(26)13-6-8-14(9-7-13)24-21(30)32-20(23-24)31-4/h6-9,22H,5,10H2,1-4H3. The lowest BCUT2D eigenvalue weighted by Gasteiger charge is -2.06. The van der Waals surface area contributed by atoms with Crippen LogP contribution in [0.1, 0.15) is 49.4 Å². The summed E-state index contributed by atoms with van der Waals surface area (Å²) in [5.74, 6) is -1.58. The topological polar surface area (TPSA) is 103 Å². The highest BCUT2D eigenvalue weighted by Gasteiger charge is 2.23. The Morgan fingerprint density at radius 2 is 1.84 bits per heavy atom. The number of ether oxygens (including phenoxy) is 2. The van der Waals surface area contributed by atoms with E-state index in [0.717, 1.165) is 10.0 Å². The number of H-pyrrole nitrogens is 1. The maximum Gasteiger partial charge on any atom is 0.340 e. The predicted octanol–water partition coefficient (Wildman–Crippen LogP) is 4.55. The summed E-state index contributed by atoms with van der Waals surface area (Å²) in [5, 5.41) is 4.40. The van der Waals surface area contributed by atoms with Crippen LogP contribution in [-0.2, 0) is 9.47 Å². The highest BCUT2D eigenvalue weighted by Crippen LogP contribution is 2.22. The second kappa shape index (κ2) is 10.2. The molecule has 1 aromatic carbocycles. The summed E-state index contributed by atoms with van der Waals surface area (Å²) in [6.45, 7) is 4.81. The van der Waals surface area contributed by atoms with E-state index in [1.54, 1.807) is 49.7 Å². The third-order valence-corrected chi connectivity index (χ3v) is 6.79. The van der Waals surface area contributed by atoms with Gasteiger partial charge in [0.1, 0.15) is 0 Å². The van der Waals surface area contributed by atoms with Crippen LogP contribution in [0.15, 0.2) is 28.6 Å². The minimum Gasteiger partial charge on any atom is -0.462 e. The lowest BCUT2D eigenvalue weighted by atomic mass is 10.1. The van der Waals surface area contributed by atoms with E-state index < -0.39 is 24.3 Å².